The van der Waals surface area contributed by atoms with Crippen molar-refractivity contribution in [1.82, 2.24) is 0 Å². The van der Waals surface area contributed by atoms with Crippen LogP contribution < -0.4 is 10.1 Å². The smallest absolute Gasteiger partial charge is 0.374 e. The molecule has 0 saturated heterocycles. The number of para-hydroxylation sites is 1. The Morgan fingerprint density at radius 3 is 2.00 bits per heavy atom. The SMILES string of the molecule is CN(C)c1ccccc1[Si](Cl)(Cl)Cl. The molecule has 0 aliphatic heterocycles. The highest BCUT2D eigenvalue weighted by Crippen LogP contribution is 2.24. The predicted octanol–water partition coefficient (Wildman–Crippen LogP) is 2.61. The second kappa shape index (κ2) is 4.09. The van der Waals surface area contributed by atoms with Crippen LogP contribution in [0.3, 0.4) is 0 Å². The number of hydrogen-bond acceptors (Lipinski definition) is 1. The fourth-order valence-electron chi connectivity index (χ4n) is 1.10. The van der Waals surface area contributed by atoms with Crippen LogP contribution in [0.5, 0.6) is 0 Å². The first kappa shape index (κ1) is 11.2. The van der Waals surface area contributed by atoms with Crippen LogP contribution in [0.15, 0.2) is 24.3 Å². The largest absolute Gasteiger partial charge is 0.378 e. The van der Waals surface area contributed by atoms with Crippen molar-refractivity contribution in [1.29, 1.82) is 0 Å². The van der Waals surface area contributed by atoms with E-state index in [0.717, 1.165) is 10.9 Å². The third-order valence-corrected chi connectivity index (χ3v) is 4.56. The third kappa shape index (κ3) is 2.78. The summed E-state index contributed by atoms with van der Waals surface area (Å²) in [5, 5.41) is 0.838. The highest BCUT2D eigenvalue weighted by atomic mass is 35.8. The Hall–Kier alpha value is 0.107. The lowest BCUT2D eigenvalue weighted by Crippen LogP contribution is -2.34. The summed E-state index contributed by atoms with van der Waals surface area (Å²) < 4.78 is 0. The van der Waals surface area contributed by atoms with Crippen molar-refractivity contribution in [2.45, 2.75) is 0 Å². The van der Waals surface area contributed by atoms with E-state index in [-0.39, 0.29) is 0 Å². The van der Waals surface area contributed by atoms with Crippen molar-refractivity contribution in [2.24, 2.45) is 0 Å². The molecule has 13 heavy (non-hydrogen) atoms. The monoisotopic (exact) mass is 253 g/mol. The Bertz CT molecular complexity index is 296. The summed E-state index contributed by atoms with van der Waals surface area (Å²) >= 11 is 17.9. The van der Waals surface area contributed by atoms with Gasteiger partial charge >= 0.3 is 6.00 Å². The van der Waals surface area contributed by atoms with E-state index in [1.807, 2.05) is 43.3 Å². The van der Waals surface area contributed by atoms with E-state index in [4.69, 9.17) is 33.2 Å². The number of hydrogen-bond donors (Lipinski definition) is 0. The van der Waals surface area contributed by atoms with Crippen LogP contribution in [0.25, 0.3) is 0 Å². The van der Waals surface area contributed by atoms with Crippen molar-refractivity contribution in [2.75, 3.05) is 19.0 Å². The van der Waals surface area contributed by atoms with Crippen LogP contribution in [0.2, 0.25) is 0 Å². The van der Waals surface area contributed by atoms with E-state index in [2.05, 4.69) is 0 Å². The van der Waals surface area contributed by atoms with Crippen LogP contribution in [0.4, 0.5) is 5.69 Å². The normalized spacial score (nSPS) is 11.5. The van der Waals surface area contributed by atoms with Gasteiger partial charge < -0.3 is 4.90 Å². The van der Waals surface area contributed by atoms with E-state index in [1.165, 1.54) is 0 Å². The first-order valence-electron chi connectivity index (χ1n) is 3.76. The molecule has 0 atom stereocenters. The molecule has 0 aliphatic rings. The fourth-order valence-corrected chi connectivity index (χ4v) is 3.42. The molecule has 0 aromatic heterocycles. The molecule has 0 fully saturated rings. The minimum atomic E-state index is -2.77. The number of anilines is 1. The van der Waals surface area contributed by atoms with Crippen LogP contribution in [-0.4, -0.2) is 20.1 Å². The average Bonchev–Trinajstić information content (AvgIpc) is 2.03. The van der Waals surface area contributed by atoms with Gasteiger partial charge in [-0.05, 0) is 6.07 Å². The molecule has 5 heteroatoms. The second-order valence-corrected chi connectivity index (χ2v) is 11.3. The molecule has 72 valence electrons. The van der Waals surface area contributed by atoms with E-state index in [1.54, 1.807) is 0 Å². The van der Waals surface area contributed by atoms with E-state index < -0.39 is 6.00 Å². The van der Waals surface area contributed by atoms with Crippen molar-refractivity contribution >= 4 is 50.1 Å². The minimum absolute atomic E-state index is 0.838. The molecule has 1 aromatic carbocycles. The van der Waals surface area contributed by atoms with Gasteiger partial charge in [0.25, 0.3) is 0 Å². The fraction of sp³-hybridized carbons (Fsp3) is 0.250. The topological polar surface area (TPSA) is 3.24 Å². The molecule has 0 unspecified atom stereocenters. The Labute approximate surface area is 93.3 Å². The predicted molar refractivity (Wildman–Crippen MR) is 63.7 cm³/mol. The van der Waals surface area contributed by atoms with Crippen LogP contribution in [-0.2, 0) is 0 Å². The molecular weight excluding hydrogens is 245 g/mol. The zero-order valence-corrected chi connectivity index (χ0v) is 10.7. The number of benzene rings is 1. The second-order valence-electron chi connectivity index (χ2n) is 2.91. The van der Waals surface area contributed by atoms with E-state index in [0.29, 0.717) is 0 Å². The van der Waals surface area contributed by atoms with Crippen molar-refractivity contribution in [3.8, 4) is 0 Å². The maximum Gasteiger partial charge on any atom is 0.374 e. The standard InChI is InChI=1S/C8H10Cl3NSi/c1-12(2)7-5-3-4-6-8(7)13(9,10)11/h3-6H,1-2H3. The van der Waals surface area contributed by atoms with Gasteiger partial charge in [0.1, 0.15) is 0 Å². The molecule has 0 spiro atoms. The van der Waals surface area contributed by atoms with Gasteiger partial charge in [0.2, 0.25) is 0 Å². The Morgan fingerprint density at radius 2 is 1.62 bits per heavy atom. The van der Waals surface area contributed by atoms with Gasteiger partial charge in [0.15, 0.2) is 0 Å². The molecule has 0 radical (unpaired) electrons. The van der Waals surface area contributed by atoms with Crippen molar-refractivity contribution in [3.05, 3.63) is 24.3 Å². The highest BCUT2D eigenvalue weighted by Gasteiger charge is 2.31. The van der Waals surface area contributed by atoms with Gasteiger partial charge in [-0.15, -0.1) is 33.2 Å². The summed E-state index contributed by atoms with van der Waals surface area (Å²) in [4.78, 5) is 1.95. The lowest BCUT2D eigenvalue weighted by atomic mass is 10.3. The molecular formula is C8H10Cl3NSi. The zero-order chi connectivity index (χ0) is 10.1. The van der Waals surface area contributed by atoms with Gasteiger partial charge in [-0.25, -0.2) is 0 Å². The Balaban J connectivity index is 3.20. The third-order valence-electron chi connectivity index (χ3n) is 1.69. The maximum atomic E-state index is 5.95. The lowest BCUT2D eigenvalue weighted by Gasteiger charge is -2.20. The summed E-state index contributed by atoms with van der Waals surface area (Å²) in [5.74, 6) is 0. The average molecular weight is 255 g/mol. The number of rotatable bonds is 2. The number of halogens is 3. The van der Waals surface area contributed by atoms with Gasteiger partial charge in [0.05, 0.1) is 0 Å². The minimum Gasteiger partial charge on any atom is -0.378 e. The van der Waals surface area contributed by atoms with Crippen molar-refractivity contribution < 1.29 is 0 Å². The molecule has 0 saturated carbocycles. The molecule has 1 aromatic rings. The highest BCUT2D eigenvalue weighted by molar-refractivity contribution is 7.69. The first-order chi connectivity index (χ1) is 5.93. The molecule has 1 nitrogen and oxygen atoms in total. The van der Waals surface area contributed by atoms with Gasteiger partial charge in [-0.3, -0.25) is 0 Å². The molecule has 0 bridgehead atoms. The summed E-state index contributed by atoms with van der Waals surface area (Å²) in [6, 6.07) is 4.87. The molecule has 0 N–H and O–H groups in total. The molecule has 0 heterocycles. The van der Waals surface area contributed by atoms with Gasteiger partial charge in [-0.1, -0.05) is 18.2 Å². The molecule has 0 amide bonds. The van der Waals surface area contributed by atoms with E-state index in [9.17, 15) is 0 Å². The van der Waals surface area contributed by atoms with Crippen molar-refractivity contribution in [3.63, 3.8) is 0 Å². The summed E-state index contributed by atoms with van der Waals surface area (Å²) in [5.41, 5.74) is 0.981. The van der Waals surface area contributed by atoms with E-state index >= 15 is 0 Å². The van der Waals surface area contributed by atoms with Crippen LogP contribution >= 0.6 is 33.2 Å². The van der Waals surface area contributed by atoms with Crippen LogP contribution in [0, 0.1) is 0 Å². The molecule has 1 rings (SSSR count). The Kier molecular flexibility index (Phi) is 3.52. The van der Waals surface area contributed by atoms with Gasteiger partial charge in [0, 0.05) is 25.0 Å². The number of nitrogens with zero attached hydrogens (tertiary/aromatic N) is 1. The molecule has 0 aliphatic carbocycles. The van der Waals surface area contributed by atoms with Crippen LogP contribution in [0.1, 0.15) is 0 Å². The zero-order valence-electron chi connectivity index (χ0n) is 7.39. The maximum absolute atomic E-state index is 5.95. The Morgan fingerprint density at radius 1 is 1.08 bits per heavy atom. The van der Waals surface area contributed by atoms with Gasteiger partial charge in [-0.2, -0.15) is 0 Å². The quantitative estimate of drug-likeness (QED) is 0.579. The summed E-state index contributed by atoms with van der Waals surface area (Å²) in [7, 11) is 3.87. The lowest BCUT2D eigenvalue weighted by molar-refractivity contribution is 1.14. The summed E-state index contributed by atoms with van der Waals surface area (Å²) in [6.07, 6.45) is 0. The first-order valence-corrected chi connectivity index (χ1v) is 8.80. The summed E-state index contributed by atoms with van der Waals surface area (Å²) in [6.45, 7) is 0.